The number of nitrogens with one attached hydrogen (secondary N) is 1. The van der Waals surface area contributed by atoms with Gasteiger partial charge in [-0.2, -0.15) is 5.10 Å². The lowest BCUT2D eigenvalue weighted by Crippen LogP contribution is -2.44. The van der Waals surface area contributed by atoms with Crippen molar-refractivity contribution in [2.24, 2.45) is 12.5 Å². The van der Waals surface area contributed by atoms with E-state index in [1.54, 1.807) is 25.6 Å². The molecule has 1 unspecified atom stereocenters. The van der Waals surface area contributed by atoms with Crippen molar-refractivity contribution in [1.82, 2.24) is 14.5 Å². The van der Waals surface area contributed by atoms with Crippen molar-refractivity contribution in [3.8, 4) is 0 Å². The highest BCUT2D eigenvalue weighted by molar-refractivity contribution is 9.09. The Kier molecular flexibility index (Phi) is 5.43. The second-order valence-corrected chi connectivity index (χ2v) is 8.58. The van der Waals surface area contributed by atoms with E-state index < -0.39 is 10.0 Å². The summed E-state index contributed by atoms with van der Waals surface area (Å²) < 4.78 is 29.7. The van der Waals surface area contributed by atoms with Crippen LogP contribution in [0.3, 0.4) is 0 Å². The molecule has 0 aliphatic rings. The maximum Gasteiger partial charge on any atom is 0.244 e. The molecule has 7 heteroatoms. The molecule has 1 atom stereocenters. The van der Waals surface area contributed by atoms with E-state index in [2.05, 4.69) is 25.8 Å². The first-order valence-corrected chi connectivity index (χ1v) is 9.19. The van der Waals surface area contributed by atoms with Crippen LogP contribution in [0.25, 0.3) is 0 Å². The zero-order valence-electron chi connectivity index (χ0n) is 13.0. The van der Waals surface area contributed by atoms with Gasteiger partial charge in [-0.05, 0) is 25.7 Å². The lowest BCUT2D eigenvalue weighted by Gasteiger charge is -2.30. The lowest BCUT2D eigenvalue weighted by molar-refractivity contribution is 0.293. The summed E-state index contributed by atoms with van der Waals surface area (Å²) in [4.78, 5) is 0.295. The summed E-state index contributed by atoms with van der Waals surface area (Å²) in [6.45, 7) is 9.59. The number of rotatable bonds is 5. The monoisotopic (exact) mass is 365 g/mol. The molecule has 0 fully saturated rings. The fourth-order valence-electron chi connectivity index (χ4n) is 2.17. The molecule has 0 aliphatic heterocycles. The van der Waals surface area contributed by atoms with E-state index in [4.69, 9.17) is 0 Å². The molecule has 20 heavy (non-hydrogen) atoms. The van der Waals surface area contributed by atoms with Crippen LogP contribution in [0.2, 0.25) is 0 Å². The maximum absolute atomic E-state index is 12.6. The lowest BCUT2D eigenvalue weighted by atomic mass is 9.86. The third-order valence-corrected chi connectivity index (χ3v) is 5.63. The second-order valence-electron chi connectivity index (χ2n) is 6.14. The Hall–Kier alpha value is -0.400. The van der Waals surface area contributed by atoms with Crippen LogP contribution in [0.5, 0.6) is 0 Å². The number of aromatic nitrogens is 2. The number of aryl methyl sites for hydroxylation is 2. The van der Waals surface area contributed by atoms with E-state index in [1.165, 1.54) is 0 Å². The topological polar surface area (TPSA) is 64.0 Å². The fraction of sp³-hybridized carbons (Fsp3) is 0.769. The van der Waals surface area contributed by atoms with Gasteiger partial charge in [0.2, 0.25) is 10.0 Å². The van der Waals surface area contributed by atoms with E-state index in [-0.39, 0.29) is 11.5 Å². The summed E-state index contributed by atoms with van der Waals surface area (Å²) in [6.07, 6.45) is 0.737. The highest BCUT2D eigenvalue weighted by Crippen LogP contribution is 2.26. The summed E-state index contributed by atoms with van der Waals surface area (Å²) in [5.41, 5.74) is 1.04. The van der Waals surface area contributed by atoms with Gasteiger partial charge in [0, 0.05) is 18.4 Å². The molecule has 0 bridgehead atoms. The molecule has 5 nitrogen and oxygen atoms in total. The van der Waals surface area contributed by atoms with E-state index in [0.717, 1.165) is 11.8 Å². The predicted octanol–water partition coefficient (Wildman–Crippen LogP) is 2.51. The van der Waals surface area contributed by atoms with Crippen LogP contribution in [0.4, 0.5) is 0 Å². The fourth-order valence-corrected chi connectivity index (χ4v) is 4.54. The van der Waals surface area contributed by atoms with Gasteiger partial charge < -0.3 is 0 Å². The highest BCUT2D eigenvalue weighted by Gasteiger charge is 2.31. The Bertz CT molecular complexity index is 573. The molecular weight excluding hydrogens is 342 g/mol. The smallest absolute Gasteiger partial charge is 0.244 e. The van der Waals surface area contributed by atoms with E-state index in [9.17, 15) is 8.42 Å². The normalized spacial score (nSPS) is 14.6. The van der Waals surface area contributed by atoms with Crippen molar-refractivity contribution >= 4 is 26.0 Å². The Morgan fingerprint density at radius 3 is 2.25 bits per heavy atom. The average molecular weight is 366 g/mol. The summed E-state index contributed by atoms with van der Waals surface area (Å²) in [5, 5.41) is 4.93. The molecular formula is C13H24BrN3O2S. The number of halogens is 1. The second kappa shape index (κ2) is 6.15. The zero-order chi connectivity index (χ0) is 15.7. The minimum Gasteiger partial charge on any atom is -0.271 e. The number of alkyl halides is 1. The number of hydrogen-bond acceptors (Lipinski definition) is 3. The third-order valence-electron chi connectivity index (χ3n) is 3.45. The van der Waals surface area contributed by atoms with Crippen LogP contribution in [-0.4, -0.2) is 29.6 Å². The number of hydrogen-bond donors (Lipinski definition) is 1. The molecule has 1 rings (SSSR count). The van der Waals surface area contributed by atoms with Gasteiger partial charge in [-0.1, -0.05) is 36.7 Å². The highest BCUT2D eigenvalue weighted by atomic mass is 79.9. The summed E-state index contributed by atoms with van der Waals surface area (Å²) in [6, 6.07) is -0.133. The summed E-state index contributed by atoms with van der Waals surface area (Å²) in [7, 11) is -1.81. The molecule has 1 N–H and O–H groups in total. The zero-order valence-corrected chi connectivity index (χ0v) is 15.4. The number of nitrogens with zero attached hydrogens (tertiary/aromatic N) is 2. The molecule has 0 aromatic carbocycles. The van der Waals surface area contributed by atoms with Crippen molar-refractivity contribution in [3.05, 3.63) is 11.4 Å². The van der Waals surface area contributed by atoms with Crippen LogP contribution < -0.4 is 4.72 Å². The van der Waals surface area contributed by atoms with Crippen LogP contribution in [0.15, 0.2) is 4.90 Å². The van der Waals surface area contributed by atoms with Crippen molar-refractivity contribution in [2.75, 3.05) is 5.33 Å². The molecule has 0 saturated heterocycles. The largest absolute Gasteiger partial charge is 0.271 e. The van der Waals surface area contributed by atoms with Gasteiger partial charge in [0.1, 0.15) is 4.90 Å². The Morgan fingerprint density at radius 2 is 1.90 bits per heavy atom. The first-order valence-electron chi connectivity index (χ1n) is 6.59. The van der Waals surface area contributed by atoms with Crippen LogP contribution in [-0.2, 0) is 17.1 Å². The standard InChI is InChI=1S/C13H24BrN3O2S/c1-9-12(10(2)17(6)15-9)20(18,19)16-11(7-8-14)13(3,4)5/h11,16H,7-8H2,1-6H3. The van der Waals surface area contributed by atoms with E-state index in [1.807, 2.05) is 20.8 Å². The molecule has 1 heterocycles. The van der Waals surface area contributed by atoms with Gasteiger partial charge in [0.25, 0.3) is 0 Å². The number of sulfonamides is 1. The van der Waals surface area contributed by atoms with E-state index in [0.29, 0.717) is 16.3 Å². The molecule has 116 valence electrons. The Balaban J connectivity index is 3.17. The minimum atomic E-state index is -3.56. The minimum absolute atomic E-state index is 0.133. The Labute approximate surface area is 130 Å². The van der Waals surface area contributed by atoms with Crippen LogP contribution in [0, 0.1) is 19.3 Å². The maximum atomic E-state index is 12.6. The third kappa shape index (κ3) is 3.83. The van der Waals surface area contributed by atoms with Crippen molar-refractivity contribution in [2.45, 2.75) is 52.0 Å². The van der Waals surface area contributed by atoms with Gasteiger partial charge in [0.05, 0.1) is 11.4 Å². The van der Waals surface area contributed by atoms with Gasteiger partial charge >= 0.3 is 0 Å². The summed E-state index contributed by atoms with van der Waals surface area (Å²) in [5.74, 6) is 0. The first-order chi connectivity index (χ1) is 9.00. The van der Waals surface area contributed by atoms with E-state index >= 15 is 0 Å². The average Bonchev–Trinajstić information content (AvgIpc) is 2.51. The van der Waals surface area contributed by atoms with Crippen molar-refractivity contribution in [3.63, 3.8) is 0 Å². The van der Waals surface area contributed by atoms with Crippen LogP contribution in [0.1, 0.15) is 38.6 Å². The predicted molar refractivity (Wildman–Crippen MR) is 84.7 cm³/mol. The van der Waals surface area contributed by atoms with Crippen molar-refractivity contribution < 1.29 is 8.42 Å². The molecule has 1 aromatic heterocycles. The Morgan fingerprint density at radius 1 is 1.35 bits per heavy atom. The summed E-state index contributed by atoms with van der Waals surface area (Å²) >= 11 is 3.39. The molecule has 1 aromatic rings. The van der Waals surface area contributed by atoms with Crippen molar-refractivity contribution in [1.29, 1.82) is 0 Å². The molecule has 0 radical (unpaired) electrons. The van der Waals surface area contributed by atoms with Gasteiger partial charge in [-0.3, -0.25) is 4.68 Å². The molecule has 0 aliphatic carbocycles. The molecule has 0 spiro atoms. The van der Waals surface area contributed by atoms with Crippen LogP contribution >= 0.6 is 15.9 Å². The molecule has 0 saturated carbocycles. The first kappa shape index (κ1) is 17.7. The molecule has 0 amide bonds. The van der Waals surface area contributed by atoms with Gasteiger partial charge in [0.15, 0.2) is 0 Å². The van der Waals surface area contributed by atoms with Gasteiger partial charge in [-0.25, -0.2) is 13.1 Å². The SMILES string of the molecule is Cc1nn(C)c(C)c1S(=O)(=O)NC(CCBr)C(C)(C)C. The van der Waals surface area contributed by atoms with Gasteiger partial charge in [-0.15, -0.1) is 0 Å². The quantitative estimate of drug-likeness (QED) is 0.815.